The van der Waals surface area contributed by atoms with Crippen molar-refractivity contribution in [1.82, 2.24) is 0 Å². The zero-order valence-electron chi connectivity index (χ0n) is 5.34. The van der Waals surface area contributed by atoms with Gasteiger partial charge in [-0.1, -0.05) is 11.6 Å². The van der Waals surface area contributed by atoms with Crippen LogP contribution in [0.2, 0.25) is 0 Å². The van der Waals surface area contributed by atoms with E-state index in [0.717, 1.165) is 12.3 Å². The molecule has 0 bridgehead atoms. The van der Waals surface area contributed by atoms with E-state index in [0.29, 0.717) is 6.10 Å². The minimum absolute atomic E-state index is 0.388. The molecular weight excluding hydrogens is 114 g/mol. The molecule has 1 fully saturated rings. The van der Waals surface area contributed by atoms with Crippen LogP contribution in [0, 0.1) is 5.92 Å². The van der Waals surface area contributed by atoms with E-state index in [-0.39, 0.29) is 0 Å². The van der Waals surface area contributed by atoms with Crippen LogP contribution in [0.4, 0.5) is 0 Å². The van der Waals surface area contributed by atoms with Gasteiger partial charge < -0.3 is 4.84 Å². The van der Waals surface area contributed by atoms with Crippen LogP contribution in [0.5, 0.6) is 0 Å². The Kier molecular flexibility index (Phi) is 1.18. The topological polar surface area (TPSA) is 21.6 Å². The minimum Gasteiger partial charge on any atom is -0.392 e. The monoisotopic (exact) mass is 124 g/mol. The van der Waals surface area contributed by atoms with Gasteiger partial charge in [-0.3, -0.25) is 0 Å². The first kappa shape index (κ1) is 5.27. The molecule has 0 saturated heterocycles. The molecule has 49 valence electrons. The fourth-order valence-corrected chi connectivity index (χ4v) is 1.33. The Morgan fingerprint density at radius 2 is 2.33 bits per heavy atom. The standard InChI is InChI=1S/C7H10NO/c1-2-6(3-1)7-4-5-8-9-7/h6-7H,1-4H2. The highest BCUT2D eigenvalue weighted by Crippen LogP contribution is 2.33. The van der Waals surface area contributed by atoms with Gasteiger partial charge in [-0.25, -0.2) is 0 Å². The van der Waals surface area contributed by atoms with Crippen molar-refractivity contribution in [1.29, 1.82) is 0 Å². The molecule has 1 aliphatic heterocycles. The van der Waals surface area contributed by atoms with Gasteiger partial charge in [0.15, 0.2) is 0 Å². The Morgan fingerprint density at radius 1 is 1.44 bits per heavy atom. The van der Waals surface area contributed by atoms with Gasteiger partial charge in [0.1, 0.15) is 12.3 Å². The third-order valence-corrected chi connectivity index (χ3v) is 2.22. The van der Waals surface area contributed by atoms with E-state index in [2.05, 4.69) is 11.4 Å². The lowest BCUT2D eigenvalue weighted by atomic mass is 9.80. The summed E-state index contributed by atoms with van der Waals surface area (Å²) in [6.07, 6.45) is 8.18. The molecule has 2 aliphatic rings. The third-order valence-electron chi connectivity index (χ3n) is 2.22. The van der Waals surface area contributed by atoms with Crippen molar-refractivity contribution in [2.75, 3.05) is 0 Å². The molecule has 0 N–H and O–H groups in total. The van der Waals surface area contributed by atoms with Crippen molar-refractivity contribution in [2.45, 2.75) is 31.8 Å². The Labute approximate surface area is 54.9 Å². The van der Waals surface area contributed by atoms with Crippen LogP contribution in [0.25, 0.3) is 0 Å². The van der Waals surface area contributed by atoms with Crippen molar-refractivity contribution in [3.8, 4) is 0 Å². The van der Waals surface area contributed by atoms with Crippen LogP contribution in [-0.4, -0.2) is 12.3 Å². The summed E-state index contributed by atoms with van der Waals surface area (Å²) in [6, 6.07) is 0. The molecule has 1 atom stereocenters. The molecule has 1 radical (unpaired) electrons. The van der Waals surface area contributed by atoms with Gasteiger partial charge in [0.25, 0.3) is 0 Å². The first-order valence-corrected chi connectivity index (χ1v) is 3.55. The van der Waals surface area contributed by atoms with Crippen LogP contribution < -0.4 is 0 Å². The Bertz CT molecular complexity index is 121. The highest BCUT2D eigenvalue weighted by Gasteiger charge is 2.30. The van der Waals surface area contributed by atoms with Crippen LogP contribution in [-0.2, 0) is 4.84 Å². The summed E-state index contributed by atoms with van der Waals surface area (Å²) in [5, 5.41) is 3.62. The van der Waals surface area contributed by atoms with E-state index >= 15 is 0 Å². The van der Waals surface area contributed by atoms with Gasteiger partial charge in [0.2, 0.25) is 0 Å². The highest BCUT2D eigenvalue weighted by molar-refractivity contribution is 5.58. The molecule has 2 heteroatoms. The minimum atomic E-state index is 0.388. The molecular formula is C7H10NO. The number of nitrogens with zero attached hydrogens (tertiary/aromatic N) is 1. The summed E-state index contributed by atoms with van der Waals surface area (Å²) >= 11 is 0. The van der Waals surface area contributed by atoms with Gasteiger partial charge in [-0.05, 0) is 18.8 Å². The molecule has 0 aromatic carbocycles. The fourth-order valence-electron chi connectivity index (χ4n) is 1.33. The van der Waals surface area contributed by atoms with E-state index in [1.807, 2.05) is 0 Å². The Balaban J connectivity index is 1.85. The SMILES string of the molecule is [C]1=NOC(C2CCC2)C1. The maximum Gasteiger partial charge on any atom is 0.136 e. The summed E-state index contributed by atoms with van der Waals surface area (Å²) in [6.45, 7) is 0. The summed E-state index contributed by atoms with van der Waals surface area (Å²) in [4.78, 5) is 5.07. The summed E-state index contributed by atoms with van der Waals surface area (Å²) < 4.78 is 0. The molecule has 0 spiro atoms. The predicted molar refractivity (Wildman–Crippen MR) is 34.3 cm³/mol. The normalized spacial score (nSPS) is 34.0. The predicted octanol–water partition coefficient (Wildman–Crippen LogP) is 1.44. The molecule has 1 heterocycles. The second kappa shape index (κ2) is 2.01. The van der Waals surface area contributed by atoms with Gasteiger partial charge >= 0.3 is 0 Å². The molecule has 0 aromatic rings. The van der Waals surface area contributed by atoms with Crippen molar-refractivity contribution in [3.05, 3.63) is 0 Å². The maximum atomic E-state index is 5.07. The molecule has 1 saturated carbocycles. The molecule has 2 rings (SSSR count). The second-order valence-electron chi connectivity index (χ2n) is 2.79. The van der Waals surface area contributed by atoms with E-state index in [1.54, 1.807) is 0 Å². The third kappa shape index (κ3) is 0.824. The van der Waals surface area contributed by atoms with Crippen molar-refractivity contribution < 1.29 is 4.84 Å². The summed E-state index contributed by atoms with van der Waals surface area (Å²) in [5.74, 6) is 0.795. The molecule has 1 aliphatic carbocycles. The lowest BCUT2D eigenvalue weighted by Crippen LogP contribution is -2.25. The molecule has 9 heavy (non-hydrogen) atoms. The van der Waals surface area contributed by atoms with Gasteiger partial charge in [-0.2, -0.15) is 0 Å². The average molecular weight is 124 g/mol. The highest BCUT2D eigenvalue weighted by atomic mass is 16.6. The van der Waals surface area contributed by atoms with Crippen LogP contribution in [0.1, 0.15) is 25.7 Å². The zero-order valence-corrected chi connectivity index (χ0v) is 5.34. The average Bonchev–Trinajstić information content (AvgIpc) is 2.11. The maximum absolute atomic E-state index is 5.07. The lowest BCUT2D eigenvalue weighted by molar-refractivity contribution is 0.0112. The van der Waals surface area contributed by atoms with Gasteiger partial charge in [-0.15, -0.1) is 0 Å². The number of hydrogen-bond donors (Lipinski definition) is 0. The number of hydrogen-bond acceptors (Lipinski definition) is 2. The van der Waals surface area contributed by atoms with E-state index in [1.165, 1.54) is 19.3 Å². The van der Waals surface area contributed by atoms with Gasteiger partial charge in [0.05, 0.1) is 0 Å². The zero-order chi connectivity index (χ0) is 6.10. The number of rotatable bonds is 1. The molecule has 0 aromatic heterocycles. The molecule has 1 unspecified atom stereocenters. The lowest BCUT2D eigenvalue weighted by Gasteiger charge is -2.28. The van der Waals surface area contributed by atoms with Crippen LogP contribution in [0.15, 0.2) is 5.16 Å². The molecule has 0 amide bonds. The van der Waals surface area contributed by atoms with Crippen molar-refractivity contribution in [2.24, 2.45) is 11.1 Å². The Morgan fingerprint density at radius 3 is 2.78 bits per heavy atom. The summed E-state index contributed by atoms with van der Waals surface area (Å²) in [5.41, 5.74) is 0. The smallest absolute Gasteiger partial charge is 0.136 e. The first-order valence-electron chi connectivity index (χ1n) is 3.55. The van der Waals surface area contributed by atoms with E-state index in [9.17, 15) is 0 Å². The fraction of sp³-hybridized carbons (Fsp3) is 0.857. The van der Waals surface area contributed by atoms with E-state index in [4.69, 9.17) is 4.84 Å². The first-order chi connectivity index (χ1) is 4.47. The second-order valence-corrected chi connectivity index (χ2v) is 2.79. The largest absolute Gasteiger partial charge is 0.392 e. The quantitative estimate of drug-likeness (QED) is 0.518. The Hall–Kier alpha value is -0.530. The van der Waals surface area contributed by atoms with E-state index < -0.39 is 0 Å². The summed E-state index contributed by atoms with van der Waals surface area (Å²) in [7, 11) is 0. The van der Waals surface area contributed by atoms with Crippen LogP contribution in [0.3, 0.4) is 0 Å². The van der Waals surface area contributed by atoms with Crippen LogP contribution >= 0.6 is 0 Å². The van der Waals surface area contributed by atoms with Crippen molar-refractivity contribution >= 4 is 6.21 Å². The van der Waals surface area contributed by atoms with Crippen molar-refractivity contribution in [3.63, 3.8) is 0 Å². The molecule has 2 nitrogen and oxygen atoms in total. The van der Waals surface area contributed by atoms with Gasteiger partial charge in [0, 0.05) is 6.42 Å².